The van der Waals surface area contributed by atoms with Gasteiger partial charge in [0.05, 0.1) is 0 Å². The lowest BCUT2D eigenvalue weighted by Crippen LogP contribution is -2.41. The molecule has 1 aliphatic heterocycles. The summed E-state index contributed by atoms with van der Waals surface area (Å²) in [5.41, 5.74) is 10.3. The summed E-state index contributed by atoms with van der Waals surface area (Å²) in [6.07, 6.45) is 2.56. The Morgan fingerprint density at radius 1 is 1.33 bits per heavy atom. The summed E-state index contributed by atoms with van der Waals surface area (Å²) in [4.78, 5) is 2.60. The topological polar surface area (TPSA) is 29.3 Å². The molecule has 2 N–H and O–H groups in total. The fourth-order valence-corrected chi connectivity index (χ4v) is 3.28. The summed E-state index contributed by atoms with van der Waals surface area (Å²) in [6, 6.07) is 7.33. The summed E-state index contributed by atoms with van der Waals surface area (Å²) < 4.78 is 0. The van der Waals surface area contributed by atoms with Gasteiger partial charge >= 0.3 is 0 Å². The summed E-state index contributed by atoms with van der Waals surface area (Å²) in [5, 5.41) is 0. The second-order valence-electron chi connectivity index (χ2n) is 5.57. The number of likely N-dealkylation sites (tertiary alicyclic amines) is 1. The molecule has 18 heavy (non-hydrogen) atoms. The molecule has 1 aromatic carbocycles. The molecule has 2 atom stereocenters. The largest absolute Gasteiger partial charge is 0.330 e. The standard InChI is InChI=1S/C16H26N2/c1-4-18-9-5-6-14(11-17)16(18)15-10-12(2)7-8-13(15)3/h7-8,10,14,16H,4-6,9,11,17H2,1-3H3. The van der Waals surface area contributed by atoms with Crippen LogP contribution < -0.4 is 5.73 Å². The van der Waals surface area contributed by atoms with Crippen molar-refractivity contribution >= 4 is 0 Å². The highest BCUT2D eigenvalue weighted by Crippen LogP contribution is 2.37. The van der Waals surface area contributed by atoms with Crippen molar-refractivity contribution in [2.75, 3.05) is 19.6 Å². The Morgan fingerprint density at radius 2 is 2.11 bits per heavy atom. The van der Waals surface area contributed by atoms with E-state index >= 15 is 0 Å². The van der Waals surface area contributed by atoms with Crippen LogP contribution in [0, 0.1) is 19.8 Å². The highest BCUT2D eigenvalue weighted by atomic mass is 15.2. The van der Waals surface area contributed by atoms with E-state index in [1.807, 2.05) is 0 Å². The first-order chi connectivity index (χ1) is 8.67. The van der Waals surface area contributed by atoms with Crippen molar-refractivity contribution in [2.45, 2.75) is 39.7 Å². The Kier molecular flexibility index (Phi) is 4.41. The first kappa shape index (κ1) is 13.6. The zero-order valence-corrected chi connectivity index (χ0v) is 11.9. The Balaban J connectivity index is 2.38. The number of hydrogen-bond donors (Lipinski definition) is 1. The molecule has 2 rings (SSSR count). The Hall–Kier alpha value is -0.860. The SMILES string of the molecule is CCN1CCCC(CN)C1c1cc(C)ccc1C. The van der Waals surface area contributed by atoms with Crippen LogP contribution in [0.3, 0.4) is 0 Å². The molecule has 0 aliphatic carbocycles. The molecule has 0 spiro atoms. The van der Waals surface area contributed by atoms with E-state index in [0.717, 1.165) is 13.1 Å². The minimum Gasteiger partial charge on any atom is -0.330 e. The number of hydrogen-bond acceptors (Lipinski definition) is 2. The number of benzene rings is 1. The molecule has 0 saturated carbocycles. The first-order valence-electron chi connectivity index (χ1n) is 7.18. The first-order valence-corrected chi connectivity index (χ1v) is 7.18. The van der Waals surface area contributed by atoms with Crippen molar-refractivity contribution in [1.82, 2.24) is 4.90 Å². The van der Waals surface area contributed by atoms with Crippen LogP contribution in [-0.4, -0.2) is 24.5 Å². The smallest absolute Gasteiger partial charge is 0.0390 e. The lowest BCUT2D eigenvalue weighted by atomic mass is 9.82. The lowest BCUT2D eigenvalue weighted by molar-refractivity contribution is 0.101. The van der Waals surface area contributed by atoms with Gasteiger partial charge in [0.15, 0.2) is 0 Å². The van der Waals surface area contributed by atoms with Crippen LogP contribution in [-0.2, 0) is 0 Å². The Bertz CT molecular complexity index is 388. The van der Waals surface area contributed by atoms with E-state index in [9.17, 15) is 0 Å². The molecule has 100 valence electrons. The Morgan fingerprint density at radius 3 is 2.78 bits per heavy atom. The number of aryl methyl sites for hydroxylation is 2. The zero-order valence-electron chi connectivity index (χ0n) is 11.9. The lowest BCUT2D eigenvalue weighted by Gasteiger charge is -2.41. The van der Waals surface area contributed by atoms with Gasteiger partial charge in [0, 0.05) is 6.04 Å². The van der Waals surface area contributed by atoms with Crippen LogP contribution >= 0.6 is 0 Å². The van der Waals surface area contributed by atoms with Crippen LogP contribution in [0.5, 0.6) is 0 Å². The van der Waals surface area contributed by atoms with E-state index in [1.165, 1.54) is 36.1 Å². The monoisotopic (exact) mass is 246 g/mol. The highest BCUT2D eigenvalue weighted by Gasteiger charge is 2.31. The summed E-state index contributed by atoms with van der Waals surface area (Å²) in [7, 11) is 0. The van der Waals surface area contributed by atoms with Crippen molar-refractivity contribution < 1.29 is 0 Å². The molecule has 0 bridgehead atoms. The van der Waals surface area contributed by atoms with E-state index < -0.39 is 0 Å². The average Bonchev–Trinajstić information content (AvgIpc) is 2.40. The summed E-state index contributed by atoms with van der Waals surface area (Å²) >= 11 is 0. The Labute approximate surface area is 111 Å². The summed E-state index contributed by atoms with van der Waals surface area (Å²) in [6.45, 7) is 9.80. The molecular formula is C16H26N2. The maximum absolute atomic E-state index is 6.01. The van der Waals surface area contributed by atoms with Crippen molar-refractivity contribution in [3.63, 3.8) is 0 Å². The molecule has 0 amide bonds. The molecular weight excluding hydrogens is 220 g/mol. The van der Waals surface area contributed by atoms with Gasteiger partial charge in [0.1, 0.15) is 0 Å². The van der Waals surface area contributed by atoms with E-state index in [-0.39, 0.29) is 0 Å². The second-order valence-corrected chi connectivity index (χ2v) is 5.57. The van der Waals surface area contributed by atoms with Gasteiger partial charge in [-0.25, -0.2) is 0 Å². The minimum atomic E-state index is 0.522. The highest BCUT2D eigenvalue weighted by molar-refractivity contribution is 5.34. The number of nitrogens with zero attached hydrogens (tertiary/aromatic N) is 1. The van der Waals surface area contributed by atoms with Crippen LogP contribution in [0.15, 0.2) is 18.2 Å². The quantitative estimate of drug-likeness (QED) is 0.888. The van der Waals surface area contributed by atoms with Gasteiger partial charge < -0.3 is 5.73 Å². The van der Waals surface area contributed by atoms with Gasteiger partial charge in [-0.05, 0) is 63.4 Å². The molecule has 0 radical (unpaired) electrons. The maximum atomic E-state index is 6.01. The van der Waals surface area contributed by atoms with Crippen LogP contribution in [0.1, 0.15) is 42.5 Å². The molecule has 1 aliphatic rings. The third kappa shape index (κ3) is 2.60. The molecule has 1 fully saturated rings. The number of rotatable bonds is 3. The van der Waals surface area contributed by atoms with E-state index in [1.54, 1.807) is 0 Å². The van der Waals surface area contributed by atoms with Gasteiger partial charge in [0.25, 0.3) is 0 Å². The predicted molar refractivity (Wildman–Crippen MR) is 77.7 cm³/mol. The molecule has 2 unspecified atom stereocenters. The van der Waals surface area contributed by atoms with Crippen molar-refractivity contribution in [3.05, 3.63) is 34.9 Å². The average molecular weight is 246 g/mol. The molecule has 1 heterocycles. The van der Waals surface area contributed by atoms with Gasteiger partial charge in [-0.3, -0.25) is 4.90 Å². The van der Waals surface area contributed by atoms with Crippen molar-refractivity contribution in [2.24, 2.45) is 11.7 Å². The van der Waals surface area contributed by atoms with Crippen LogP contribution in [0.4, 0.5) is 0 Å². The molecule has 1 aromatic rings. The molecule has 2 nitrogen and oxygen atoms in total. The van der Waals surface area contributed by atoms with Crippen LogP contribution in [0.2, 0.25) is 0 Å². The predicted octanol–water partition coefficient (Wildman–Crippen LogP) is 3.04. The maximum Gasteiger partial charge on any atom is 0.0390 e. The zero-order chi connectivity index (χ0) is 13.1. The molecule has 2 heteroatoms. The summed E-state index contributed by atoms with van der Waals surface area (Å²) in [5.74, 6) is 0.610. The number of nitrogens with two attached hydrogens (primary N) is 1. The normalized spacial score (nSPS) is 25.3. The van der Waals surface area contributed by atoms with Crippen LogP contribution in [0.25, 0.3) is 0 Å². The number of piperidine rings is 1. The van der Waals surface area contributed by atoms with Crippen molar-refractivity contribution in [1.29, 1.82) is 0 Å². The van der Waals surface area contributed by atoms with Gasteiger partial charge in [-0.2, -0.15) is 0 Å². The van der Waals surface area contributed by atoms with E-state index in [2.05, 4.69) is 43.9 Å². The second kappa shape index (κ2) is 5.85. The van der Waals surface area contributed by atoms with Gasteiger partial charge in [0.2, 0.25) is 0 Å². The van der Waals surface area contributed by atoms with Crippen molar-refractivity contribution in [3.8, 4) is 0 Å². The molecule has 0 aromatic heterocycles. The molecule has 1 saturated heterocycles. The fourth-order valence-electron chi connectivity index (χ4n) is 3.28. The third-order valence-corrected chi connectivity index (χ3v) is 4.32. The van der Waals surface area contributed by atoms with Gasteiger partial charge in [-0.15, -0.1) is 0 Å². The van der Waals surface area contributed by atoms with E-state index in [0.29, 0.717) is 12.0 Å². The van der Waals surface area contributed by atoms with Gasteiger partial charge in [-0.1, -0.05) is 30.7 Å². The third-order valence-electron chi connectivity index (χ3n) is 4.32. The van der Waals surface area contributed by atoms with E-state index in [4.69, 9.17) is 5.73 Å². The minimum absolute atomic E-state index is 0.522. The fraction of sp³-hybridized carbons (Fsp3) is 0.625.